The SMILES string of the molecule is N#CCCCc1ccc(C(=O)O)s1. The van der Waals surface area contributed by atoms with Gasteiger partial charge in [-0.05, 0) is 25.0 Å². The number of aryl methyl sites for hydroxylation is 1. The molecule has 0 fully saturated rings. The summed E-state index contributed by atoms with van der Waals surface area (Å²) in [6.07, 6.45) is 2.13. The van der Waals surface area contributed by atoms with E-state index in [1.165, 1.54) is 11.3 Å². The summed E-state index contributed by atoms with van der Waals surface area (Å²) in [5.74, 6) is -0.878. The zero-order valence-electron chi connectivity index (χ0n) is 6.99. The third kappa shape index (κ3) is 2.88. The Morgan fingerprint density at radius 3 is 2.92 bits per heavy atom. The van der Waals surface area contributed by atoms with Crippen molar-refractivity contribution < 1.29 is 9.90 Å². The van der Waals surface area contributed by atoms with E-state index < -0.39 is 5.97 Å². The highest BCUT2D eigenvalue weighted by atomic mass is 32.1. The molecule has 0 aliphatic carbocycles. The average molecular weight is 195 g/mol. The number of nitriles is 1. The van der Waals surface area contributed by atoms with Gasteiger partial charge in [0.1, 0.15) is 4.88 Å². The Morgan fingerprint density at radius 2 is 2.38 bits per heavy atom. The molecule has 0 aromatic carbocycles. The molecule has 13 heavy (non-hydrogen) atoms. The second-order valence-electron chi connectivity index (χ2n) is 2.58. The molecule has 0 saturated carbocycles. The second kappa shape index (κ2) is 4.63. The zero-order valence-corrected chi connectivity index (χ0v) is 7.80. The lowest BCUT2D eigenvalue weighted by Crippen LogP contribution is -1.89. The van der Waals surface area contributed by atoms with E-state index in [9.17, 15) is 4.79 Å². The Hall–Kier alpha value is -1.34. The molecule has 0 aliphatic heterocycles. The summed E-state index contributed by atoms with van der Waals surface area (Å²) in [6.45, 7) is 0. The van der Waals surface area contributed by atoms with Crippen LogP contribution in [-0.4, -0.2) is 11.1 Å². The van der Waals surface area contributed by atoms with E-state index in [2.05, 4.69) is 6.07 Å². The van der Waals surface area contributed by atoms with E-state index in [-0.39, 0.29) is 0 Å². The van der Waals surface area contributed by atoms with Gasteiger partial charge in [-0.2, -0.15) is 5.26 Å². The fourth-order valence-electron chi connectivity index (χ4n) is 0.969. The van der Waals surface area contributed by atoms with E-state index in [4.69, 9.17) is 10.4 Å². The first-order valence-electron chi connectivity index (χ1n) is 3.93. The maximum Gasteiger partial charge on any atom is 0.345 e. The van der Waals surface area contributed by atoms with Gasteiger partial charge < -0.3 is 5.11 Å². The Balaban J connectivity index is 2.50. The lowest BCUT2D eigenvalue weighted by molar-refractivity contribution is 0.0702. The van der Waals surface area contributed by atoms with Gasteiger partial charge >= 0.3 is 5.97 Å². The third-order valence-corrected chi connectivity index (χ3v) is 2.72. The van der Waals surface area contributed by atoms with Crippen molar-refractivity contribution in [3.05, 3.63) is 21.9 Å². The Morgan fingerprint density at radius 1 is 1.62 bits per heavy atom. The van der Waals surface area contributed by atoms with E-state index in [0.717, 1.165) is 17.7 Å². The van der Waals surface area contributed by atoms with Crippen LogP contribution in [0.5, 0.6) is 0 Å². The number of aromatic carboxylic acids is 1. The van der Waals surface area contributed by atoms with Crippen molar-refractivity contribution in [2.45, 2.75) is 19.3 Å². The number of carboxylic acid groups (broad SMARTS) is 1. The van der Waals surface area contributed by atoms with Gasteiger partial charge in [0.15, 0.2) is 0 Å². The number of unbranched alkanes of at least 4 members (excludes halogenated alkanes) is 1. The van der Waals surface area contributed by atoms with Crippen LogP contribution in [-0.2, 0) is 6.42 Å². The molecule has 0 saturated heterocycles. The molecular formula is C9H9NO2S. The summed E-state index contributed by atoms with van der Waals surface area (Å²) in [5, 5.41) is 16.9. The highest BCUT2D eigenvalue weighted by Crippen LogP contribution is 2.18. The molecular weight excluding hydrogens is 186 g/mol. The minimum Gasteiger partial charge on any atom is -0.477 e. The monoisotopic (exact) mass is 195 g/mol. The molecule has 0 unspecified atom stereocenters. The standard InChI is InChI=1S/C9H9NO2S/c10-6-2-1-3-7-4-5-8(13-7)9(11)12/h4-5H,1-3H2,(H,11,12). The predicted molar refractivity (Wildman–Crippen MR) is 49.8 cm³/mol. The van der Waals surface area contributed by atoms with Crippen LogP contribution in [0.15, 0.2) is 12.1 Å². The van der Waals surface area contributed by atoms with Crippen molar-refractivity contribution in [2.24, 2.45) is 0 Å². The van der Waals surface area contributed by atoms with Crippen LogP contribution >= 0.6 is 11.3 Å². The predicted octanol–water partition coefficient (Wildman–Crippen LogP) is 2.29. The lowest BCUT2D eigenvalue weighted by Gasteiger charge is -1.90. The first kappa shape index (κ1) is 9.75. The minimum atomic E-state index is -0.878. The number of thiophene rings is 1. The molecule has 1 heterocycles. The molecule has 0 atom stereocenters. The lowest BCUT2D eigenvalue weighted by atomic mass is 10.2. The highest BCUT2D eigenvalue weighted by molar-refractivity contribution is 7.13. The van der Waals surface area contributed by atoms with E-state index in [1.54, 1.807) is 6.07 Å². The molecule has 0 bridgehead atoms. The van der Waals surface area contributed by atoms with Crippen molar-refractivity contribution in [3.63, 3.8) is 0 Å². The molecule has 4 heteroatoms. The van der Waals surface area contributed by atoms with Crippen LogP contribution in [0.2, 0.25) is 0 Å². The number of carboxylic acids is 1. The molecule has 3 nitrogen and oxygen atoms in total. The highest BCUT2D eigenvalue weighted by Gasteiger charge is 2.05. The Kier molecular flexibility index (Phi) is 3.47. The Bertz CT molecular complexity index is 338. The minimum absolute atomic E-state index is 0.368. The molecule has 1 rings (SSSR count). The second-order valence-corrected chi connectivity index (χ2v) is 3.75. The maximum atomic E-state index is 10.5. The van der Waals surface area contributed by atoms with Crippen molar-refractivity contribution in [1.29, 1.82) is 5.26 Å². The summed E-state index contributed by atoms with van der Waals surface area (Å²) < 4.78 is 0. The number of nitrogens with zero attached hydrogens (tertiary/aromatic N) is 1. The molecule has 1 N–H and O–H groups in total. The summed E-state index contributed by atoms with van der Waals surface area (Å²) in [4.78, 5) is 11.9. The summed E-state index contributed by atoms with van der Waals surface area (Å²) >= 11 is 1.28. The summed E-state index contributed by atoms with van der Waals surface area (Å²) in [5.41, 5.74) is 0. The van der Waals surface area contributed by atoms with Crippen LogP contribution < -0.4 is 0 Å². The summed E-state index contributed by atoms with van der Waals surface area (Å²) in [6, 6.07) is 5.47. The van der Waals surface area contributed by atoms with Crippen LogP contribution in [0.4, 0.5) is 0 Å². The van der Waals surface area contributed by atoms with Crippen molar-refractivity contribution in [1.82, 2.24) is 0 Å². The third-order valence-electron chi connectivity index (χ3n) is 1.58. The van der Waals surface area contributed by atoms with E-state index >= 15 is 0 Å². The van der Waals surface area contributed by atoms with E-state index in [1.807, 2.05) is 6.07 Å². The van der Waals surface area contributed by atoms with Crippen molar-refractivity contribution in [2.75, 3.05) is 0 Å². The van der Waals surface area contributed by atoms with E-state index in [0.29, 0.717) is 11.3 Å². The number of hydrogen-bond acceptors (Lipinski definition) is 3. The number of hydrogen-bond donors (Lipinski definition) is 1. The van der Waals surface area contributed by atoms with Gasteiger partial charge in [-0.1, -0.05) is 0 Å². The fraction of sp³-hybridized carbons (Fsp3) is 0.333. The van der Waals surface area contributed by atoms with Gasteiger partial charge in [0, 0.05) is 11.3 Å². The molecule has 0 radical (unpaired) electrons. The van der Waals surface area contributed by atoms with Crippen LogP contribution in [0.25, 0.3) is 0 Å². The maximum absolute atomic E-state index is 10.5. The topological polar surface area (TPSA) is 61.1 Å². The normalized spacial score (nSPS) is 9.46. The molecule has 0 spiro atoms. The van der Waals surface area contributed by atoms with Gasteiger partial charge in [-0.15, -0.1) is 11.3 Å². The molecule has 1 aromatic heterocycles. The molecule has 0 aliphatic rings. The molecule has 0 amide bonds. The fourth-order valence-corrected chi connectivity index (χ4v) is 1.86. The first-order valence-corrected chi connectivity index (χ1v) is 4.74. The smallest absolute Gasteiger partial charge is 0.345 e. The summed E-state index contributed by atoms with van der Waals surface area (Å²) in [7, 11) is 0. The van der Waals surface area contributed by atoms with Gasteiger partial charge in [0.05, 0.1) is 6.07 Å². The van der Waals surface area contributed by atoms with Crippen molar-refractivity contribution >= 4 is 17.3 Å². The van der Waals surface area contributed by atoms with Gasteiger partial charge in [0.25, 0.3) is 0 Å². The van der Waals surface area contributed by atoms with Crippen LogP contribution in [0.1, 0.15) is 27.4 Å². The van der Waals surface area contributed by atoms with Gasteiger partial charge in [-0.25, -0.2) is 4.79 Å². The largest absolute Gasteiger partial charge is 0.477 e. The average Bonchev–Trinajstić information content (AvgIpc) is 2.53. The first-order chi connectivity index (χ1) is 6.24. The number of carbonyl (C=O) groups is 1. The Labute approximate surface area is 80.2 Å². The van der Waals surface area contributed by atoms with Crippen LogP contribution in [0, 0.1) is 11.3 Å². The van der Waals surface area contributed by atoms with Gasteiger partial charge in [0.2, 0.25) is 0 Å². The van der Waals surface area contributed by atoms with Gasteiger partial charge in [-0.3, -0.25) is 0 Å². The molecule has 68 valence electrons. The molecule has 1 aromatic rings. The van der Waals surface area contributed by atoms with Crippen LogP contribution in [0.3, 0.4) is 0 Å². The zero-order chi connectivity index (χ0) is 9.68. The number of rotatable bonds is 4. The van der Waals surface area contributed by atoms with Crippen molar-refractivity contribution in [3.8, 4) is 6.07 Å². The quantitative estimate of drug-likeness (QED) is 0.750.